The fourth-order valence-corrected chi connectivity index (χ4v) is 1.62. The summed E-state index contributed by atoms with van der Waals surface area (Å²) in [6.07, 6.45) is 0.444. The number of aliphatic hydroxyl groups is 1. The van der Waals surface area contributed by atoms with Crippen LogP contribution in [0.5, 0.6) is 0 Å². The Morgan fingerprint density at radius 1 is 1.53 bits per heavy atom. The molecule has 0 aliphatic carbocycles. The number of aliphatic hydroxyl groups excluding tert-OH is 1. The van der Waals surface area contributed by atoms with Crippen LogP contribution >= 0.6 is 15.9 Å². The van der Waals surface area contributed by atoms with Gasteiger partial charge in [-0.15, -0.1) is 0 Å². The Labute approximate surface area is 97.6 Å². The van der Waals surface area contributed by atoms with Crippen LogP contribution in [0.2, 0.25) is 0 Å². The first-order chi connectivity index (χ1) is 7.09. The second-order valence-electron chi connectivity index (χ2n) is 3.56. The number of rotatable bonds is 5. The molecule has 0 radical (unpaired) electrons. The first-order valence-corrected chi connectivity index (χ1v) is 5.71. The molecule has 0 aromatic heterocycles. The van der Waals surface area contributed by atoms with E-state index in [1.807, 2.05) is 0 Å². The van der Waals surface area contributed by atoms with Gasteiger partial charge < -0.3 is 10.4 Å². The van der Waals surface area contributed by atoms with E-state index in [9.17, 15) is 4.39 Å². The minimum atomic E-state index is -0.280. The van der Waals surface area contributed by atoms with Gasteiger partial charge in [-0.2, -0.15) is 0 Å². The first-order valence-electron chi connectivity index (χ1n) is 4.92. The molecule has 0 aliphatic rings. The van der Waals surface area contributed by atoms with Gasteiger partial charge in [0.2, 0.25) is 0 Å². The molecule has 1 aromatic carbocycles. The predicted octanol–water partition coefficient (Wildman–Crippen LogP) is 2.45. The van der Waals surface area contributed by atoms with E-state index in [-0.39, 0.29) is 11.9 Å². The van der Waals surface area contributed by atoms with Gasteiger partial charge in [0, 0.05) is 6.54 Å². The van der Waals surface area contributed by atoms with E-state index >= 15 is 0 Å². The molecule has 2 N–H and O–H groups in total. The molecule has 15 heavy (non-hydrogen) atoms. The van der Waals surface area contributed by atoms with Crippen LogP contribution < -0.4 is 5.32 Å². The lowest BCUT2D eigenvalue weighted by atomic mass is 10.2. The third-order valence-electron chi connectivity index (χ3n) is 2.05. The molecule has 2 nitrogen and oxygen atoms in total. The SMILES string of the molecule is C[C@H](O)CCNCc1ccc(F)c(Br)c1. The zero-order valence-electron chi connectivity index (χ0n) is 8.63. The van der Waals surface area contributed by atoms with Crippen molar-refractivity contribution in [2.45, 2.75) is 26.0 Å². The van der Waals surface area contributed by atoms with Crippen LogP contribution in [0.1, 0.15) is 18.9 Å². The van der Waals surface area contributed by atoms with E-state index in [4.69, 9.17) is 5.11 Å². The fraction of sp³-hybridized carbons (Fsp3) is 0.455. The number of benzene rings is 1. The normalized spacial score (nSPS) is 12.8. The van der Waals surface area contributed by atoms with Crippen molar-refractivity contribution in [2.24, 2.45) is 0 Å². The number of hydrogen-bond donors (Lipinski definition) is 2. The molecule has 0 bridgehead atoms. The molecule has 0 amide bonds. The van der Waals surface area contributed by atoms with Gasteiger partial charge in [0.05, 0.1) is 10.6 Å². The second kappa shape index (κ2) is 6.20. The summed E-state index contributed by atoms with van der Waals surface area (Å²) >= 11 is 3.14. The highest BCUT2D eigenvalue weighted by atomic mass is 79.9. The molecule has 0 saturated carbocycles. The van der Waals surface area contributed by atoms with E-state index in [2.05, 4.69) is 21.2 Å². The summed E-state index contributed by atoms with van der Waals surface area (Å²) in [4.78, 5) is 0. The van der Waals surface area contributed by atoms with Gasteiger partial charge in [-0.05, 0) is 53.5 Å². The summed E-state index contributed by atoms with van der Waals surface area (Å²) in [5, 5.41) is 12.2. The van der Waals surface area contributed by atoms with Crippen LogP contribution in [0.15, 0.2) is 22.7 Å². The smallest absolute Gasteiger partial charge is 0.137 e. The Bertz CT molecular complexity index is 317. The van der Waals surface area contributed by atoms with Crippen molar-refractivity contribution >= 4 is 15.9 Å². The van der Waals surface area contributed by atoms with Crippen LogP contribution in [0.25, 0.3) is 0 Å². The zero-order valence-corrected chi connectivity index (χ0v) is 10.2. The van der Waals surface area contributed by atoms with Crippen molar-refractivity contribution in [3.63, 3.8) is 0 Å². The highest BCUT2D eigenvalue weighted by Crippen LogP contribution is 2.16. The summed E-state index contributed by atoms with van der Waals surface area (Å²) in [5.41, 5.74) is 1.02. The van der Waals surface area contributed by atoms with Crippen molar-refractivity contribution in [3.05, 3.63) is 34.1 Å². The molecule has 1 atom stereocenters. The molecular weight excluding hydrogens is 261 g/mol. The highest BCUT2D eigenvalue weighted by Gasteiger charge is 2.00. The van der Waals surface area contributed by atoms with Gasteiger partial charge in [0.15, 0.2) is 0 Å². The van der Waals surface area contributed by atoms with Crippen molar-refractivity contribution < 1.29 is 9.50 Å². The summed E-state index contributed by atoms with van der Waals surface area (Å²) in [5.74, 6) is -0.247. The quantitative estimate of drug-likeness (QED) is 0.810. The second-order valence-corrected chi connectivity index (χ2v) is 4.42. The average molecular weight is 276 g/mol. The standard InChI is InChI=1S/C11H15BrFNO/c1-8(15)4-5-14-7-9-2-3-11(13)10(12)6-9/h2-3,6,8,14-15H,4-5,7H2,1H3/t8-/m0/s1. The van der Waals surface area contributed by atoms with Crippen LogP contribution in [-0.4, -0.2) is 17.8 Å². The summed E-state index contributed by atoms with van der Waals surface area (Å²) < 4.78 is 13.4. The third-order valence-corrected chi connectivity index (χ3v) is 2.66. The largest absolute Gasteiger partial charge is 0.393 e. The molecule has 0 saturated heterocycles. The van der Waals surface area contributed by atoms with E-state index < -0.39 is 0 Å². The Morgan fingerprint density at radius 3 is 2.87 bits per heavy atom. The fourth-order valence-electron chi connectivity index (χ4n) is 1.19. The van der Waals surface area contributed by atoms with Gasteiger partial charge in [-0.25, -0.2) is 4.39 Å². The molecule has 0 unspecified atom stereocenters. The van der Waals surface area contributed by atoms with Crippen molar-refractivity contribution in [2.75, 3.05) is 6.54 Å². The molecule has 4 heteroatoms. The summed E-state index contributed by atoms with van der Waals surface area (Å²) in [6.45, 7) is 3.20. The monoisotopic (exact) mass is 275 g/mol. The van der Waals surface area contributed by atoms with Gasteiger partial charge in [-0.3, -0.25) is 0 Å². The lowest BCUT2D eigenvalue weighted by Gasteiger charge is -2.07. The Hall–Kier alpha value is -0.450. The van der Waals surface area contributed by atoms with Gasteiger partial charge in [0.1, 0.15) is 5.82 Å². The lowest BCUT2D eigenvalue weighted by Crippen LogP contribution is -2.18. The van der Waals surface area contributed by atoms with E-state index in [1.54, 1.807) is 19.1 Å². The number of halogens is 2. The molecule has 1 rings (SSSR count). The summed E-state index contributed by atoms with van der Waals surface area (Å²) in [7, 11) is 0. The maximum Gasteiger partial charge on any atom is 0.137 e. The first kappa shape index (κ1) is 12.6. The Kier molecular flexibility index (Phi) is 5.22. The minimum Gasteiger partial charge on any atom is -0.393 e. The van der Waals surface area contributed by atoms with Crippen LogP contribution in [0.3, 0.4) is 0 Å². The number of hydrogen-bond acceptors (Lipinski definition) is 2. The molecular formula is C11H15BrFNO. The van der Waals surface area contributed by atoms with Gasteiger partial charge >= 0.3 is 0 Å². The minimum absolute atomic E-state index is 0.247. The van der Waals surface area contributed by atoms with E-state index in [0.717, 1.165) is 18.5 Å². The molecule has 1 aromatic rings. The Morgan fingerprint density at radius 2 is 2.27 bits per heavy atom. The lowest BCUT2D eigenvalue weighted by molar-refractivity contribution is 0.183. The highest BCUT2D eigenvalue weighted by molar-refractivity contribution is 9.10. The van der Waals surface area contributed by atoms with Crippen molar-refractivity contribution in [1.82, 2.24) is 5.32 Å². The molecule has 0 spiro atoms. The van der Waals surface area contributed by atoms with Crippen LogP contribution in [-0.2, 0) is 6.54 Å². The van der Waals surface area contributed by atoms with Gasteiger partial charge in [0.25, 0.3) is 0 Å². The summed E-state index contributed by atoms with van der Waals surface area (Å²) in [6, 6.07) is 4.94. The van der Waals surface area contributed by atoms with Crippen LogP contribution in [0.4, 0.5) is 4.39 Å². The topological polar surface area (TPSA) is 32.3 Å². The van der Waals surface area contributed by atoms with E-state index in [0.29, 0.717) is 11.0 Å². The Balaban J connectivity index is 2.35. The number of nitrogens with one attached hydrogen (secondary N) is 1. The van der Waals surface area contributed by atoms with Crippen LogP contribution in [0, 0.1) is 5.82 Å². The maximum atomic E-state index is 12.9. The maximum absolute atomic E-state index is 12.9. The predicted molar refractivity (Wildman–Crippen MR) is 62.1 cm³/mol. The molecule has 84 valence electrons. The van der Waals surface area contributed by atoms with E-state index in [1.165, 1.54) is 6.07 Å². The van der Waals surface area contributed by atoms with Crippen molar-refractivity contribution in [3.8, 4) is 0 Å². The average Bonchev–Trinajstić information content (AvgIpc) is 2.18. The zero-order chi connectivity index (χ0) is 11.3. The molecule has 0 aliphatic heterocycles. The van der Waals surface area contributed by atoms with Crippen molar-refractivity contribution in [1.29, 1.82) is 0 Å². The molecule has 0 fully saturated rings. The molecule has 0 heterocycles. The van der Waals surface area contributed by atoms with Gasteiger partial charge in [-0.1, -0.05) is 6.07 Å². The third kappa shape index (κ3) is 4.73.